The molecule has 0 N–H and O–H groups in total. The van der Waals surface area contributed by atoms with Gasteiger partial charge in [-0.3, -0.25) is 0 Å². The molecule has 0 atom stereocenters. The highest BCUT2D eigenvalue weighted by Gasteiger charge is 2.22. The van der Waals surface area contributed by atoms with Gasteiger partial charge in [0.05, 0.1) is 23.9 Å². The lowest BCUT2D eigenvalue weighted by atomic mass is 10.1. The Kier molecular flexibility index (Phi) is 3.92. The Bertz CT molecular complexity index is 937. The van der Waals surface area contributed by atoms with Gasteiger partial charge in [-0.05, 0) is 35.9 Å². The largest absolute Gasteiger partial charge is 0.491 e. The van der Waals surface area contributed by atoms with Crippen LogP contribution in [0, 0.1) is 0 Å². The van der Waals surface area contributed by atoms with E-state index in [-0.39, 0.29) is 0 Å². The van der Waals surface area contributed by atoms with E-state index in [1.54, 1.807) is 18.2 Å². The molecule has 0 aromatic heterocycles. The van der Waals surface area contributed by atoms with Crippen molar-refractivity contribution in [3.63, 3.8) is 0 Å². The van der Waals surface area contributed by atoms with Gasteiger partial charge in [-0.2, -0.15) is 0 Å². The predicted molar refractivity (Wildman–Crippen MR) is 99.0 cm³/mol. The molecule has 0 radical (unpaired) electrons. The molecular weight excluding hydrogens is 336 g/mol. The van der Waals surface area contributed by atoms with E-state index in [1.165, 1.54) is 11.8 Å². The van der Waals surface area contributed by atoms with Crippen molar-refractivity contribution in [2.24, 2.45) is 0 Å². The normalized spacial score (nSPS) is 16.7. The molecule has 0 bridgehead atoms. The lowest BCUT2D eigenvalue weighted by Gasteiger charge is -2.35. The van der Waals surface area contributed by atoms with Gasteiger partial charge in [0.25, 0.3) is 0 Å². The van der Waals surface area contributed by atoms with E-state index in [0.717, 1.165) is 36.7 Å². The number of anilines is 2. The zero-order valence-electron chi connectivity index (χ0n) is 14.1. The third-order valence-electron chi connectivity index (χ3n) is 4.55. The van der Waals surface area contributed by atoms with Gasteiger partial charge in [0, 0.05) is 31.1 Å². The average Bonchev–Trinajstić information content (AvgIpc) is 3.10. The molecule has 25 heavy (non-hydrogen) atoms. The second-order valence-corrected chi connectivity index (χ2v) is 8.37. The van der Waals surface area contributed by atoms with Crippen molar-refractivity contribution in [1.29, 1.82) is 0 Å². The quantitative estimate of drug-likeness (QED) is 0.846. The summed E-state index contributed by atoms with van der Waals surface area (Å²) in [5.74, 6) is 0.975. The Morgan fingerprint density at radius 3 is 2.80 bits per heavy atom. The van der Waals surface area contributed by atoms with Gasteiger partial charge >= 0.3 is 0 Å². The second kappa shape index (κ2) is 6.11. The van der Waals surface area contributed by atoms with Crippen molar-refractivity contribution in [1.82, 2.24) is 0 Å². The van der Waals surface area contributed by atoms with Crippen LogP contribution in [0.5, 0.6) is 5.75 Å². The molecule has 0 saturated carbocycles. The first-order valence-corrected chi connectivity index (χ1v) is 10.1. The lowest BCUT2D eigenvalue weighted by molar-refractivity contribution is 0.357. The summed E-state index contributed by atoms with van der Waals surface area (Å²) in [4.78, 5) is 4.61. The number of benzene rings is 2. The maximum atomic E-state index is 11.8. The van der Waals surface area contributed by atoms with Gasteiger partial charge < -0.3 is 14.5 Å². The minimum atomic E-state index is -3.22. The van der Waals surface area contributed by atoms with Crippen LogP contribution >= 0.6 is 0 Å². The summed E-state index contributed by atoms with van der Waals surface area (Å²) in [5, 5.41) is 0. The Hall–Kier alpha value is -2.47. The van der Waals surface area contributed by atoms with Gasteiger partial charge in [-0.1, -0.05) is 18.2 Å². The Morgan fingerprint density at radius 1 is 1.12 bits per heavy atom. The molecule has 2 aromatic rings. The molecule has 130 valence electrons. The number of sulfone groups is 1. The summed E-state index contributed by atoms with van der Waals surface area (Å²) in [7, 11) is -3.22. The Labute approximate surface area is 148 Å². The topological polar surface area (TPSA) is 49.9 Å². The maximum absolute atomic E-state index is 11.8. The predicted octanol–water partition coefficient (Wildman–Crippen LogP) is 2.82. The average molecular weight is 356 g/mol. The molecule has 0 unspecified atom stereocenters. The van der Waals surface area contributed by atoms with Gasteiger partial charge in [-0.25, -0.2) is 8.42 Å². The van der Waals surface area contributed by atoms with E-state index in [4.69, 9.17) is 4.74 Å². The van der Waals surface area contributed by atoms with Crippen LogP contribution in [0.1, 0.15) is 5.56 Å². The lowest BCUT2D eigenvalue weighted by Crippen LogP contribution is -2.39. The third-order valence-corrected chi connectivity index (χ3v) is 5.66. The highest BCUT2D eigenvalue weighted by molar-refractivity contribution is 7.90. The molecule has 0 aliphatic carbocycles. The summed E-state index contributed by atoms with van der Waals surface area (Å²) < 4.78 is 29.5. The zero-order chi connectivity index (χ0) is 17.4. The first-order valence-electron chi connectivity index (χ1n) is 8.25. The summed E-state index contributed by atoms with van der Waals surface area (Å²) in [6.07, 6.45) is 6.26. The van der Waals surface area contributed by atoms with Crippen molar-refractivity contribution in [2.45, 2.75) is 11.3 Å². The number of hydrogen-bond donors (Lipinski definition) is 0. The van der Waals surface area contributed by atoms with Crippen molar-refractivity contribution in [2.75, 3.05) is 35.9 Å². The summed E-state index contributed by atoms with van der Waals surface area (Å²) in [6.45, 7) is 2.17. The Balaban J connectivity index is 1.64. The minimum absolute atomic E-state index is 0.333. The van der Waals surface area contributed by atoms with E-state index in [1.807, 2.05) is 17.2 Å². The van der Waals surface area contributed by atoms with Gasteiger partial charge in [-0.15, -0.1) is 0 Å². The molecular formula is C19H20N2O3S. The van der Waals surface area contributed by atoms with Crippen molar-refractivity contribution < 1.29 is 13.2 Å². The molecule has 2 heterocycles. The first-order chi connectivity index (χ1) is 12.0. The molecule has 2 aliphatic heterocycles. The van der Waals surface area contributed by atoms with Crippen LogP contribution in [0.15, 0.2) is 59.6 Å². The van der Waals surface area contributed by atoms with E-state index >= 15 is 0 Å². The number of fused-ring (bicyclic) bond motifs is 1. The number of ether oxygens (including phenoxy) is 1. The first kappa shape index (κ1) is 16.0. The number of nitrogens with zero attached hydrogens (tertiary/aromatic N) is 2. The van der Waals surface area contributed by atoms with E-state index < -0.39 is 9.84 Å². The van der Waals surface area contributed by atoms with Crippen molar-refractivity contribution in [3.05, 3.63) is 60.3 Å². The fraction of sp³-hybridized carbons (Fsp3) is 0.263. The van der Waals surface area contributed by atoms with Crippen LogP contribution < -0.4 is 14.5 Å². The van der Waals surface area contributed by atoms with Gasteiger partial charge in [0.1, 0.15) is 5.75 Å². The van der Waals surface area contributed by atoms with Crippen LogP contribution in [0.3, 0.4) is 0 Å². The van der Waals surface area contributed by atoms with Crippen molar-refractivity contribution in [3.8, 4) is 5.75 Å². The van der Waals surface area contributed by atoms with Gasteiger partial charge in [0.2, 0.25) is 0 Å². The van der Waals surface area contributed by atoms with E-state index in [2.05, 4.69) is 29.2 Å². The molecule has 0 amide bonds. The maximum Gasteiger partial charge on any atom is 0.175 e. The van der Waals surface area contributed by atoms with E-state index in [0.29, 0.717) is 11.6 Å². The number of para-hydroxylation sites is 1. The monoisotopic (exact) mass is 356 g/mol. The molecule has 0 fully saturated rings. The van der Waals surface area contributed by atoms with Crippen molar-refractivity contribution >= 4 is 21.2 Å². The second-order valence-electron chi connectivity index (χ2n) is 6.35. The zero-order valence-corrected chi connectivity index (χ0v) is 14.9. The van der Waals surface area contributed by atoms with Crippen LogP contribution in [-0.4, -0.2) is 34.5 Å². The molecule has 6 heteroatoms. The summed E-state index contributed by atoms with van der Waals surface area (Å²) >= 11 is 0. The molecule has 4 rings (SSSR count). The number of hydrogen-bond acceptors (Lipinski definition) is 5. The molecule has 0 saturated heterocycles. The summed E-state index contributed by atoms with van der Waals surface area (Å²) in [6, 6.07) is 13.3. The van der Waals surface area contributed by atoms with E-state index in [9.17, 15) is 8.42 Å². The van der Waals surface area contributed by atoms with Crippen LogP contribution in [0.4, 0.5) is 11.4 Å². The molecule has 2 aromatic carbocycles. The minimum Gasteiger partial charge on any atom is -0.491 e. The smallest absolute Gasteiger partial charge is 0.175 e. The Morgan fingerprint density at radius 2 is 1.96 bits per heavy atom. The summed E-state index contributed by atoms with van der Waals surface area (Å²) in [5.41, 5.74) is 3.19. The SMILES string of the molecule is CS(=O)(=O)c1cccc(N2C=CCN(c3cccc4c3OCC4)C2)c1. The highest BCUT2D eigenvalue weighted by atomic mass is 32.2. The highest BCUT2D eigenvalue weighted by Crippen LogP contribution is 2.37. The van der Waals surface area contributed by atoms with Crippen LogP contribution in [-0.2, 0) is 16.3 Å². The van der Waals surface area contributed by atoms with Gasteiger partial charge in [0.15, 0.2) is 9.84 Å². The molecule has 0 spiro atoms. The number of rotatable bonds is 3. The third kappa shape index (κ3) is 3.09. The standard InChI is InChI=1S/C19H20N2O3S/c1-25(22,23)17-7-3-6-16(13-17)20-10-4-11-21(14-20)18-8-2-5-15-9-12-24-19(15)18/h2-8,10,13H,9,11-12,14H2,1H3. The van der Waals surface area contributed by atoms with Crippen LogP contribution in [0.2, 0.25) is 0 Å². The van der Waals surface area contributed by atoms with Crippen LogP contribution in [0.25, 0.3) is 0 Å². The molecule has 5 nitrogen and oxygen atoms in total. The fourth-order valence-corrected chi connectivity index (χ4v) is 3.93. The molecule has 2 aliphatic rings. The fourth-order valence-electron chi connectivity index (χ4n) is 3.27.